The standard InChI is InChI=1S/C13H22N4OS2/c1-3-16-12(18)10-9(15)11(19-2)13(20-10)17-6-4-8(14)5-7-17/h8H,3-7,14-15H2,1-2H3,(H,16,18). The minimum Gasteiger partial charge on any atom is -0.396 e. The van der Waals surface area contributed by atoms with Crippen LogP contribution in [-0.2, 0) is 0 Å². The van der Waals surface area contributed by atoms with Crippen molar-refractivity contribution < 1.29 is 4.79 Å². The predicted octanol–water partition coefficient (Wildman–Crippen LogP) is 1.73. The number of hydrogen-bond donors (Lipinski definition) is 3. The van der Waals surface area contributed by atoms with Crippen LogP contribution in [0.25, 0.3) is 0 Å². The van der Waals surface area contributed by atoms with Gasteiger partial charge in [0.1, 0.15) is 9.88 Å². The number of anilines is 2. The van der Waals surface area contributed by atoms with Crippen molar-refractivity contribution in [3.8, 4) is 0 Å². The molecule has 2 heterocycles. The Labute approximate surface area is 128 Å². The molecule has 5 N–H and O–H groups in total. The number of piperidine rings is 1. The van der Waals surface area contributed by atoms with Crippen LogP contribution in [0.15, 0.2) is 4.90 Å². The molecule has 1 aliphatic rings. The van der Waals surface area contributed by atoms with Crippen LogP contribution >= 0.6 is 23.1 Å². The van der Waals surface area contributed by atoms with Gasteiger partial charge in [0.25, 0.3) is 5.91 Å². The third-order valence-electron chi connectivity index (χ3n) is 3.46. The van der Waals surface area contributed by atoms with E-state index in [1.54, 1.807) is 11.8 Å². The van der Waals surface area contributed by atoms with Crippen LogP contribution in [0.2, 0.25) is 0 Å². The largest absolute Gasteiger partial charge is 0.396 e. The van der Waals surface area contributed by atoms with Gasteiger partial charge in [-0.25, -0.2) is 0 Å². The van der Waals surface area contributed by atoms with Gasteiger partial charge in [0.05, 0.1) is 10.6 Å². The fraction of sp³-hybridized carbons (Fsp3) is 0.615. The van der Waals surface area contributed by atoms with E-state index in [-0.39, 0.29) is 5.91 Å². The molecule has 112 valence electrons. The summed E-state index contributed by atoms with van der Waals surface area (Å²) in [6, 6.07) is 0.296. The zero-order chi connectivity index (χ0) is 14.7. The zero-order valence-electron chi connectivity index (χ0n) is 11.9. The number of amides is 1. The van der Waals surface area contributed by atoms with Gasteiger partial charge in [-0.3, -0.25) is 4.79 Å². The second kappa shape index (κ2) is 6.69. The maximum Gasteiger partial charge on any atom is 0.263 e. The normalized spacial score (nSPS) is 16.4. The van der Waals surface area contributed by atoms with Gasteiger partial charge in [-0.2, -0.15) is 0 Å². The number of nitrogens with two attached hydrogens (primary N) is 2. The first-order valence-corrected chi connectivity index (χ1v) is 8.87. The van der Waals surface area contributed by atoms with Crippen molar-refractivity contribution in [1.82, 2.24) is 5.32 Å². The monoisotopic (exact) mass is 314 g/mol. The fourth-order valence-electron chi connectivity index (χ4n) is 2.33. The van der Waals surface area contributed by atoms with E-state index >= 15 is 0 Å². The van der Waals surface area contributed by atoms with Crippen molar-refractivity contribution in [3.05, 3.63) is 4.88 Å². The number of hydrogen-bond acceptors (Lipinski definition) is 6. The molecule has 0 unspecified atom stereocenters. The average Bonchev–Trinajstić information content (AvgIpc) is 2.77. The molecule has 1 aliphatic heterocycles. The highest BCUT2D eigenvalue weighted by Crippen LogP contribution is 2.44. The Morgan fingerprint density at radius 3 is 2.70 bits per heavy atom. The van der Waals surface area contributed by atoms with Crippen molar-refractivity contribution in [2.24, 2.45) is 5.73 Å². The van der Waals surface area contributed by atoms with Crippen molar-refractivity contribution in [1.29, 1.82) is 0 Å². The van der Waals surface area contributed by atoms with Crippen molar-refractivity contribution in [3.63, 3.8) is 0 Å². The van der Waals surface area contributed by atoms with Crippen molar-refractivity contribution in [2.45, 2.75) is 30.7 Å². The van der Waals surface area contributed by atoms with E-state index in [4.69, 9.17) is 11.5 Å². The topological polar surface area (TPSA) is 84.4 Å². The minimum absolute atomic E-state index is 0.0785. The van der Waals surface area contributed by atoms with Crippen molar-refractivity contribution in [2.75, 3.05) is 36.5 Å². The molecule has 0 bridgehead atoms. The molecule has 0 saturated carbocycles. The van der Waals surface area contributed by atoms with Crippen LogP contribution in [0.3, 0.4) is 0 Å². The van der Waals surface area contributed by atoms with E-state index < -0.39 is 0 Å². The van der Waals surface area contributed by atoms with E-state index in [0.29, 0.717) is 23.2 Å². The van der Waals surface area contributed by atoms with Gasteiger partial charge < -0.3 is 21.7 Å². The zero-order valence-corrected chi connectivity index (χ0v) is 13.6. The summed E-state index contributed by atoms with van der Waals surface area (Å²) in [6.45, 7) is 4.38. The Morgan fingerprint density at radius 2 is 2.15 bits per heavy atom. The molecule has 1 amide bonds. The van der Waals surface area contributed by atoms with Crippen LogP contribution in [0.4, 0.5) is 10.7 Å². The number of nitrogens with zero attached hydrogens (tertiary/aromatic N) is 1. The van der Waals surface area contributed by atoms with Gasteiger partial charge in [-0.05, 0) is 26.0 Å². The molecule has 1 aromatic heterocycles. The first-order chi connectivity index (χ1) is 9.58. The molecule has 0 aromatic carbocycles. The second-order valence-corrected chi connectivity index (χ2v) is 6.68. The molecule has 20 heavy (non-hydrogen) atoms. The molecule has 1 aromatic rings. The highest BCUT2D eigenvalue weighted by atomic mass is 32.2. The minimum atomic E-state index is -0.0785. The number of nitrogen functional groups attached to an aromatic ring is 1. The summed E-state index contributed by atoms with van der Waals surface area (Å²) >= 11 is 3.10. The number of thioether (sulfide) groups is 1. The van der Waals surface area contributed by atoms with Gasteiger partial charge in [0.2, 0.25) is 0 Å². The summed E-state index contributed by atoms with van der Waals surface area (Å²) < 4.78 is 0. The Morgan fingerprint density at radius 1 is 1.50 bits per heavy atom. The van der Waals surface area contributed by atoms with E-state index in [1.807, 2.05) is 13.2 Å². The molecule has 2 rings (SSSR count). The van der Waals surface area contributed by atoms with Gasteiger partial charge >= 0.3 is 0 Å². The second-order valence-electron chi connectivity index (χ2n) is 4.87. The predicted molar refractivity (Wildman–Crippen MR) is 87.9 cm³/mol. The van der Waals surface area contributed by atoms with Gasteiger partial charge in [-0.1, -0.05) is 0 Å². The average molecular weight is 314 g/mol. The summed E-state index contributed by atoms with van der Waals surface area (Å²) in [5.41, 5.74) is 12.7. The Hall–Kier alpha value is -0.920. The van der Waals surface area contributed by atoms with Crippen LogP contribution in [-0.4, -0.2) is 37.8 Å². The molecule has 0 spiro atoms. The van der Waals surface area contributed by atoms with Crippen LogP contribution in [0.5, 0.6) is 0 Å². The quantitative estimate of drug-likeness (QED) is 0.737. The maximum absolute atomic E-state index is 12.1. The van der Waals surface area contributed by atoms with Gasteiger partial charge in [0, 0.05) is 25.7 Å². The smallest absolute Gasteiger partial charge is 0.263 e. The third-order valence-corrected chi connectivity index (χ3v) is 5.67. The summed E-state index contributed by atoms with van der Waals surface area (Å²) in [7, 11) is 0. The molecule has 1 saturated heterocycles. The highest BCUT2D eigenvalue weighted by Gasteiger charge is 2.25. The Bertz CT molecular complexity index is 481. The maximum atomic E-state index is 12.1. The molecule has 0 aliphatic carbocycles. The molecular formula is C13H22N4OS2. The Kier molecular flexibility index (Phi) is 5.17. The number of rotatable bonds is 4. The summed E-state index contributed by atoms with van der Waals surface area (Å²) in [5.74, 6) is -0.0785. The van der Waals surface area contributed by atoms with E-state index in [1.165, 1.54) is 11.3 Å². The number of carbonyl (C=O) groups excluding carboxylic acids is 1. The van der Waals surface area contributed by atoms with Crippen LogP contribution < -0.4 is 21.7 Å². The SMILES string of the molecule is CCNC(=O)c1sc(N2CCC(N)CC2)c(SC)c1N. The molecular weight excluding hydrogens is 292 g/mol. The lowest BCUT2D eigenvalue weighted by Crippen LogP contribution is -2.39. The molecule has 5 nitrogen and oxygen atoms in total. The molecule has 0 radical (unpaired) electrons. The number of thiophene rings is 1. The van der Waals surface area contributed by atoms with Crippen LogP contribution in [0.1, 0.15) is 29.4 Å². The molecule has 7 heteroatoms. The lowest BCUT2D eigenvalue weighted by molar-refractivity contribution is 0.0960. The lowest BCUT2D eigenvalue weighted by Gasteiger charge is -2.31. The lowest BCUT2D eigenvalue weighted by atomic mass is 10.1. The van der Waals surface area contributed by atoms with E-state index in [0.717, 1.165) is 35.8 Å². The molecule has 1 fully saturated rings. The molecule has 0 atom stereocenters. The van der Waals surface area contributed by atoms with E-state index in [2.05, 4.69) is 10.2 Å². The first-order valence-electron chi connectivity index (χ1n) is 6.83. The third kappa shape index (κ3) is 3.05. The number of nitrogens with one attached hydrogen (secondary N) is 1. The summed E-state index contributed by atoms with van der Waals surface area (Å²) in [5, 5.41) is 3.94. The van der Waals surface area contributed by atoms with Gasteiger partial charge in [0.15, 0.2) is 0 Å². The summed E-state index contributed by atoms with van der Waals surface area (Å²) in [4.78, 5) is 16.0. The van der Waals surface area contributed by atoms with E-state index in [9.17, 15) is 4.79 Å². The van der Waals surface area contributed by atoms with Crippen molar-refractivity contribution >= 4 is 39.7 Å². The first kappa shape index (κ1) is 15.5. The Balaban J connectivity index is 2.28. The van der Waals surface area contributed by atoms with Crippen LogP contribution in [0, 0.1) is 0 Å². The van der Waals surface area contributed by atoms with Gasteiger partial charge in [-0.15, -0.1) is 23.1 Å². The fourth-order valence-corrected chi connectivity index (χ4v) is 4.48. The summed E-state index contributed by atoms with van der Waals surface area (Å²) in [6.07, 6.45) is 3.98. The number of carbonyl (C=O) groups is 1. The highest BCUT2D eigenvalue weighted by molar-refractivity contribution is 7.99.